The number of esters is 2. The van der Waals surface area contributed by atoms with E-state index in [9.17, 15) is 19.2 Å². The van der Waals surface area contributed by atoms with Crippen molar-refractivity contribution in [2.45, 2.75) is 20.3 Å². The van der Waals surface area contributed by atoms with Gasteiger partial charge in [-0.25, -0.2) is 4.79 Å². The van der Waals surface area contributed by atoms with Gasteiger partial charge in [-0.1, -0.05) is 0 Å². The number of carbonyl (C=O) groups is 4. The molecule has 2 N–H and O–H groups in total. The standard InChI is InChI=1S/C19H22N2O7/c1-4-27-13-7-5-12(6-8-13)21-15(22)10-28-16(23)9-14-17(19(25)26-3)11(2)20-18(14)24/h5-8,14H,4,9-10H2,1-3H3,(H,20,24)(H,21,22). The highest BCUT2D eigenvalue weighted by Gasteiger charge is 2.38. The number of nitrogens with one attached hydrogen (secondary N) is 2. The third kappa shape index (κ3) is 5.32. The average molecular weight is 390 g/mol. The molecule has 1 heterocycles. The van der Waals surface area contributed by atoms with Crippen LogP contribution >= 0.6 is 0 Å². The Balaban J connectivity index is 1.85. The number of ether oxygens (including phenoxy) is 3. The molecule has 28 heavy (non-hydrogen) atoms. The second-order valence-corrected chi connectivity index (χ2v) is 5.94. The molecule has 0 spiro atoms. The van der Waals surface area contributed by atoms with Crippen LogP contribution in [0.3, 0.4) is 0 Å². The lowest BCUT2D eigenvalue weighted by Crippen LogP contribution is -2.27. The third-order valence-corrected chi connectivity index (χ3v) is 3.97. The number of anilines is 1. The minimum absolute atomic E-state index is 0.0864. The molecule has 9 heteroatoms. The summed E-state index contributed by atoms with van der Waals surface area (Å²) in [6.45, 7) is 3.42. The fraction of sp³-hybridized carbons (Fsp3) is 0.368. The number of rotatable bonds is 8. The molecule has 0 saturated carbocycles. The van der Waals surface area contributed by atoms with Gasteiger partial charge in [-0.05, 0) is 38.1 Å². The number of allylic oxidation sites excluding steroid dienone is 1. The van der Waals surface area contributed by atoms with Gasteiger partial charge in [0.05, 0.1) is 31.6 Å². The first-order valence-electron chi connectivity index (χ1n) is 8.64. The lowest BCUT2D eigenvalue weighted by atomic mass is 9.97. The van der Waals surface area contributed by atoms with E-state index in [-0.39, 0.29) is 12.0 Å². The summed E-state index contributed by atoms with van der Waals surface area (Å²) in [7, 11) is 1.19. The minimum Gasteiger partial charge on any atom is -0.494 e. The smallest absolute Gasteiger partial charge is 0.336 e. The van der Waals surface area contributed by atoms with E-state index >= 15 is 0 Å². The molecule has 0 fully saturated rings. The SMILES string of the molecule is CCOc1ccc(NC(=O)COC(=O)CC2C(=O)NC(C)=C2C(=O)OC)cc1. The topological polar surface area (TPSA) is 120 Å². The number of hydrogen-bond donors (Lipinski definition) is 2. The maximum absolute atomic E-state index is 12.0. The van der Waals surface area contributed by atoms with Gasteiger partial charge in [-0.2, -0.15) is 0 Å². The van der Waals surface area contributed by atoms with Crippen LogP contribution in [-0.4, -0.2) is 44.1 Å². The largest absolute Gasteiger partial charge is 0.494 e. The van der Waals surface area contributed by atoms with Gasteiger partial charge >= 0.3 is 11.9 Å². The van der Waals surface area contributed by atoms with Gasteiger partial charge in [0.2, 0.25) is 5.91 Å². The Labute approximate surface area is 162 Å². The summed E-state index contributed by atoms with van der Waals surface area (Å²) < 4.78 is 14.9. The molecule has 0 bridgehead atoms. The van der Waals surface area contributed by atoms with Crippen LogP contribution in [0.2, 0.25) is 0 Å². The molecule has 9 nitrogen and oxygen atoms in total. The minimum atomic E-state index is -1.01. The average Bonchev–Trinajstić information content (AvgIpc) is 2.94. The van der Waals surface area contributed by atoms with Crippen LogP contribution in [0.4, 0.5) is 5.69 Å². The van der Waals surface area contributed by atoms with Gasteiger partial charge in [-0.3, -0.25) is 14.4 Å². The Kier molecular flexibility index (Phi) is 7.14. The summed E-state index contributed by atoms with van der Waals surface area (Å²) >= 11 is 0. The third-order valence-electron chi connectivity index (χ3n) is 3.97. The van der Waals surface area contributed by atoms with Crippen LogP contribution in [-0.2, 0) is 28.7 Å². The lowest BCUT2D eigenvalue weighted by Gasteiger charge is -2.11. The van der Waals surface area contributed by atoms with Crippen LogP contribution in [0.25, 0.3) is 0 Å². The van der Waals surface area contributed by atoms with Crippen molar-refractivity contribution in [3.05, 3.63) is 35.5 Å². The number of amides is 2. The van der Waals surface area contributed by atoms with Crippen LogP contribution in [0.5, 0.6) is 5.75 Å². The number of hydrogen-bond acceptors (Lipinski definition) is 7. The predicted octanol–water partition coefficient (Wildman–Crippen LogP) is 1.15. The summed E-state index contributed by atoms with van der Waals surface area (Å²) in [6.07, 6.45) is -0.371. The Bertz CT molecular complexity index is 799. The summed E-state index contributed by atoms with van der Waals surface area (Å²) in [4.78, 5) is 47.7. The first-order chi connectivity index (χ1) is 13.3. The summed E-state index contributed by atoms with van der Waals surface area (Å²) in [5.74, 6) is -2.83. The number of benzene rings is 1. The molecule has 1 aliphatic heterocycles. The van der Waals surface area contributed by atoms with Gasteiger partial charge < -0.3 is 24.8 Å². The molecule has 1 aliphatic rings. The van der Waals surface area contributed by atoms with E-state index in [0.717, 1.165) is 0 Å². The molecule has 0 aromatic heterocycles. The zero-order valence-corrected chi connectivity index (χ0v) is 15.9. The zero-order valence-electron chi connectivity index (χ0n) is 15.9. The van der Waals surface area contributed by atoms with Gasteiger partial charge in [0.15, 0.2) is 6.61 Å². The van der Waals surface area contributed by atoms with Gasteiger partial charge in [0.1, 0.15) is 5.75 Å². The second-order valence-electron chi connectivity index (χ2n) is 5.94. The van der Waals surface area contributed by atoms with Crippen LogP contribution in [0.15, 0.2) is 35.5 Å². The maximum Gasteiger partial charge on any atom is 0.336 e. The van der Waals surface area contributed by atoms with Crippen LogP contribution in [0, 0.1) is 5.92 Å². The van der Waals surface area contributed by atoms with E-state index in [2.05, 4.69) is 15.4 Å². The van der Waals surface area contributed by atoms with Crippen molar-refractivity contribution in [1.29, 1.82) is 0 Å². The first-order valence-corrected chi connectivity index (χ1v) is 8.64. The second kappa shape index (κ2) is 9.54. The highest BCUT2D eigenvalue weighted by atomic mass is 16.5. The monoisotopic (exact) mass is 390 g/mol. The Morgan fingerprint density at radius 1 is 1.18 bits per heavy atom. The quantitative estimate of drug-likeness (QED) is 0.639. The molecule has 1 atom stereocenters. The molecule has 1 aromatic rings. The van der Waals surface area contributed by atoms with E-state index in [4.69, 9.17) is 9.47 Å². The number of methoxy groups -OCH3 is 1. The molecule has 1 unspecified atom stereocenters. The van der Waals surface area contributed by atoms with E-state index in [0.29, 0.717) is 23.7 Å². The molecular weight excluding hydrogens is 368 g/mol. The summed E-state index contributed by atoms with van der Waals surface area (Å²) in [6, 6.07) is 6.72. The Hall–Kier alpha value is -3.36. The van der Waals surface area contributed by atoms with Crippen LogP contribution < -0.4 is 15.4 Å². The van der Waals surface area contributed by atoms with Crippen molar-refractivity contribution in [2.24, 2.45) is 5.92 Å². The molecule has 0 saturated heterocycles. The van der Waals surface area contributed by atoms with Crippen molar-refractivity contribution < 1.29 is 33.4 Å². The molecule has 1 aromatic carbocycles. The number of carbonyl (C=O) groups excluding carboxylic acids is 4. The van der Waals surface area contributed by atoms with E-state index in [1.807, 2.05) is 6.92 Å². The van der Waals surface area contributed by atoms with Crippen LogP contribution in [0.1, 0.15) is 20.3 Å². The fourth-order valence-corrected chi connectivity index (χ4v) is 2.70. The van der Waals surface area contributed by atoms with E-state index in [1.54, 1.807) is 31.2 Å². The zero-order chi connectivity index (χ0) is 20.7. The van der Waals surface area contributed by atoms with Crippen molar-refractivity contribution in [2.75, 3.05) is 25.6 Å². The van der Waals surface area contributed by atoms with Gasteiger partial charge in [0.25, 0.3) is 5.91 Å². The van der Waals surface area contributed by atoms with Crippen molar-refractivity contribution >= 4 is 29.4 Å². The molecule has 2 rings (SSSR count). The van der Waals surface area contributed by atoms with E-state index < -0.39 is 36.3 Å². The summed E-state index contributed by atoms with van der Waals surface area (Å²) in [5, 5.41) is 5.07. The highest BCUT2D eigenvalue weighted by molar-refractivity contribution is 6.03. The molecule has 150 valence electrons. The molecular formula is C19H22N2O7. The molecule has 2 amide bonds. The normalized spacial score (nSPS) is 15.7. The fourth-order valence-electron chi connectivity index (χ4n) is 2.70. The lowest BCUT2D eigenvalue weighted by molar-refractivity contribution is -0.149. The van der Waals surface area contributed by atoms with Crippen molar-refractivity contribution in [1.82, 2.24) is 5.32 Å². The molecule has 0 aliphatic carbocycles. The van der Waals surface area contributed by atoms with Crippen molar-refractivity contribution in [3.63, 3.8) is 0 Å². The first kappa shape index (κ1) is 20.9. The van der Waals surface area contributed by atoms with Gasteiger partial charge in [0, 0.05) is 11.4 Å². The highest BCUT2D eigenvalue weighted by Crippen LogP contribution is 2.26. The Morgan fingerprint density at radius 2 is 1.86 bits per heavy atom. The van der Waals surface area contributed by atoms with Gasteiger partial charge in [-0.15, -0.1) is 0 Å². The van der Waals surface area contributed by atoms with Crippen molar-refractivity contribution in [3.8, 4) is 5.75 Å². The summed E-state index contributed by atoms with van der Waals surface area (Å²) in [5.41, 5.74) is 0.942. The molecule has 0 radical (unpaired) electrons. The van der Waals surface area contributed by atoms with E-state index in [1.165, 1.54) is 7.11 Å². The Morgan fingerprint density at radius 3 is 2.46 bits per heavy atom. The predicted molar refractivity (Wildman–Crippen MR) is 98.2 cm³/mol. The maximum atomic E-state index is 12.0.